The Morgan fingerprint density at radius 3 is 2.32 bits per heavy atom. The Balaban J connectivity index is 2.41. The molecule has 1 aliphatic carbocycles. The van der Waals surface area contributed by atoms with Crippen LogP contribution in [0.4, 0.5) is 0 Å². The molecule has 19 heavy (non-hydrogen) atoms. The summed E-state index contributed by atoms with van der Waals surface area (Å²) in [5.41, 5.74) is 0.0848. The van der Waals surface area contributed by atoms with Gasteiger partial charge >= 0.3 is 0 Å². The van der Waals surface area contributed by atoms with Gasteiger partial charge in [0.15, 0.2) is 9.84 Å². The van der Waals surface area contributed by atoms with Crippen LogP contribution >= 0.6 is 0 Å². The van der Waals surface area contributed by atoms with Gasteiger partial charge in [-0.2, -0.15) is 0 Å². The fourth-order valence-electron chi connectivity index (χ4n) is 2.39. The third-order valence-electron chi connectivity index (χ3n) is 4.24. The minimum Gasteiger partial charge on any atom is -0.378 e. The predicted molar refractivity (Wildman–Crippen MR) is 79.1 cm³/mol. The molecule has 1 saturated carbocycles. The second kappa shape index (κ2) is 5.70. The minimum absolute atomic E-state index is 0.0848. The Morgan fingerprint density at radius 2 is 1.89 bits per heavy atom. The van der Waals surface area contributed by atoms with Gasteiger partial charge in [0.1, 0.15) is 0 Å². The highest BCUT2D eigenvalue weighted by Gasteiger charge is 2.48. The smallest absolute Gasteiger partial charge is 0.156 e. The van der Waals surface area contributed by atoms with E-state index in [9.17, 15) is 8.42 Å². The molecule has 1 aliphatic rings. The van der Waals surface area contributed by atoms with Crippen LogP contribution < -0.4 is 5.32 Å². The SMILES string of the molecule is CCOC1CC(NCCS(=O)(=O)C(C)(C)C)C1(C)C. The summed E-state index contributed by atoms with van der Waals surface area (Å²) in [5, 5.41) is 3.37. The zero-order chi connectivity index (χ0) is 14.9. The summed E-state index contributed by atoms with van der Waals surface area (Å²) in [6, 6.07) is 0.346. The number of rotatable bonds is 6. The van der Waals surface area contributed by atoms with Crippen LogP contribution in [0, 0.1) is 5.41 Å². The molecule has 0 bridgehead atoms. The van der Waals surface area contributed by atoms with Gasteiger partial charge in [-0.05, 0) is 34.1 Å². The second-order valence-corrected chi connectivity index (χ2v) is 9.80. The van der Waals surface area contributed by atoms with E-state index in [0.29, 0.717) is 12.6 Å². The van der Waals surface area contributed by atoms with Gasteiger partial charge in [-0.3, -0.25) is 0 Å². The van der Waals surface area contributed by atoms with Gasteiger partial charge in [-0.15, -0.1) is 0 Å². The van der Waals surface area contributed by atoms with E-state index >= 15 is 0 Å². The van der Waals surface area contributed by atoms with E-state index in [-0.39, 0.29) is 17.3 Å². The molecule has 114 valence electrons. The van der Waals surface area contributed by atoms with Crippen LogP contribution in [-0.4, -0.2) is 44.2 Å². The summed E-state index contributed by atoms with van der Waals surface area (Å²) < 4.78 is 29.0. The molecule has 1 rings (SSSR count). The average Bonchev–Trinajstić information content (AvgIpc) is 2.25. The van der Waals surface area contributed by atoms with Crippen molar-refractivity contribution in [1.29, 1.82) is 0 Å². The quantitative estimate of drug-likeness (QED) is 0.813. The fourth-order valence-corrected chi connectivity index (χ4v) is 3.39. The molecular formula is C14H29NO3S. The van der Waals surface area contributed by atoms with Crippen LogP contribution in [0.1, 0.15) is 48.0 Å². The van der Waals surface area contributed by atoms with Crippen molar-refractivity contribution < 1.29 is 13.2 Å². The van der Waals surface area contributed by atoms with Gasteiger partial charge in [0.2, 0.25) is 0 Å². The van der Waals surface area contributed by atoms with E-state index in [4.69, 9.17) is 4.74 Å². The number of hydrogen-bond acceptors (Lipinski definition) is 4. The van der Waals surface area contributed by atoms with Crippen molar-refractivity contribution in [3.63, 3.8) is 0 Å². The molecule has 0 amide bonds. The second-order valence-electron chi connectivity index (χ2n) is 6.94. The predicted octanol–water partition coefficient (Wildman–Crippen LogP) is 1.99. The van der Waals surface area contributed by atoms with E-state index in [1.54, 1.807) is 20.8 Å². The first-order valence-electron chi connectivity index (χ1n) is 7.09. The van der Waals surface area contributed by atoms with Crippen molar-refractivity contribution in [3.05, 3.63) is 0 Å². The third-order valence-corrected chi connectivity index (χ3v) is 6.85. The molecule has 0 aromatic carbocycles. The lowest BCUT2D eigenvalue weighted by Crippen LogP contribution is -2.61. The van der Waals surface area contributed by atoms with Crippen molar-refractivity contribution >= 4 is 9.84 Å². The van der Waals surface area contributed by atoms with Gasteiger partial charge < -0.3 is 10.1 Å². The first-order valence-corrected chi connectivity index (χ1v) is 8.75. The van der Waals surface area contributed by atoms with Crippen LogP contribution in [0.5, 0.6) is 0 Å². The van der Waals surface area contributed by atoms with Crippen molar-refractivity contribution in [2.24, 2.45) is 5.41 Å². The third kappa shape index (κ3) is 3.70. The largest absolute Gasteiger partial charge is 0.378 e. The molecule has 0 aromatic rings. The summed E-state index contributed by atoms with van der Waals surface area (Å²) >= 11 is 0. The Morgan fingerprint density at radius 1 is 1.32 bits per heavy atom. The minimum atomic E-state index is -3.03. The van der Waals surface area contributed by atoms with Crippen molar-refractivity contribution in [1.82, 2.24) is 5.32 Å². The summed E-state index contributed by atoms with van der Waals surface area (Å²) in [5.74, 6) is 0.197. The van der Waals surface area contributed by atoms with Gasteiger partial charge in [-0.25, -0.2) is 8.42 Å². The lowest BCUT2D eigenvalue weighted by atomic mass is 9.64. The van der Waals surface area contributed by atoms with E-state index < -0.39 is 14.6 Å². The summed E-state index contributed by atoms with van der Waals surface area (Å²) in [7, 11) is -3.03. The maximum absolute atomic E-state index is 12.0. The Bertz CT molecular complexity index is 395. The number of ether oxygens (including phenoxy) is 1. The lowest BCUT2D eigenvalue weighted by molar-refractivity contribution is -0.113. The van der Waals surface area contributed by atoms with Gasteiger partial charge in [0.05, 0.1) is 16.6 Å². The van der Waals surface area contributed by atoms with Crippen molar-refractivity contribution in [2.75, 3.05) is 18.9 Å². The summed E-state index contributed by atoms with van der Waals surface area (Å²) in [6.07, 6.45) is 1.25. The Labute approximate surface area is 118 Å². The number of nitrogens with one attached hydrogen (secondary N) is 1. The summed E-state index contributed by atoms with van der Waals surface area (Å²) in [6.45, 7) is 12.9. The molecule has 2 atom stereocenters. The highest BCUT2D eigenvalue weighted by molar-refractivity contribution is 7.92. The van der Waals surface area contributed by atoms with Gasteiger partial charge in [0.25, 0.3) is 0 Å². The normalized spacial score (nSPS) is 27.1. The van der Waals surface area contributed by atoms with Crippen LogP contribution in [0.25, 0.3) is 0 Å². The number of sulfone groups is 1. The van der Waals surface area contributed by atoms with Crippen LogP contribution in [0.2, 0.25) is 0 Å². The molecule has 0 saturated heterocycles. The van der Waals surface area contributed by atoms with Crippen molar-refractivity contribution in [2.45, 2.75) is 64.9 Å². The van der Waals surface area contributed by atoms with Crippen molar-refractivity contribution in [3.8, 4) is 0 Å². The van der Waals surface area contributed by atoms with Gasteiger partial charge in [0, 0.05) is 24.6 Å². The lowest BCUT2D eigenvalue weighted by Gasteiger charge is -2.52. The zero-order valence-electron chi connectivity index (χ0n) is 13.1. The molecule has 1 fully saturated rings. The average molecular weight is 291 g/mol. The molecule has 4 nitrogen and oxygen atoms in total. The standard InChI is InChI=1S/C14H29NO3S/c1-7-18-12-10-11(14(12,5)6)15-8-9-19(16,17)13(2,3)4/h11-12,15H,7-10H2,1-6H3. The topological polar surface area (TPSA) is 55.4 Å². The molecule has 5 heteroatoms. The van der Waals surface area contributed by atoms with Crippen LogP contribution in [0.3, 0.4) is 0 Å². The molecule has 0 heterocycles. The highest BCUT2D eigenvalue weighted by atomic mass is 32.2. The molecule has 0 radical (unpaired) electrons. The fraction of sp³-hybridized carbons (Fsp3) is 1.00. The Kier molecular flexibility index (Phi) is 5.08. The van der Waals surface area contributed by atoms with E-state index in [2.05, 4.69) is 19.2 Å². The molecule has 1 N–H and O–H groups in total. The Hall–Kier alpha value is -0.130. The zero-order valence-corrected chi connectivity index (χ0v) is 13.9. The molecule has 0 aliphatic heterocycles. The molecule has 0 spiro atoms. The van der Waals surface area contributed by atoms with E-state index in [0.717, 1.165) is 13.0 Å². The van der Waals surface area contributed by atoms with Crippen LogP contribution in [-0.2, 0) is 14.6 Å². The maximum Gasteiger partial charge on any atom is 0.156 e. The first-order chi connectivity index (χ1) is 8.52. The highest BCUT2D eigenvalue weighted by Crippen LogP contribution is 2.42. The number of hydrogen-bond donors (Lipinski definition) is 1. The van der Waals surface area contributed by atoms with Crippen LogP contribution in [0.15, 0.2) is 0 Å². The van der Waals surface area contributed by atoms with E-state index in [1.165, 1.54) is 0 Å². The molecular weight excluding hydrogens is 262 g/mol. The molecule has 2 unspecified atom stereocenters. The van der Waals surface area contributed by atoms with E-state index in [1.807, 2.05) is 6.92 Å². The molecule has 0 aromatic heterocycles. The monoisotopic (exact) mass is 291 g/mol. The maximum atomic E-state index is 12.0. The summed E-state index contributed by atoms with van der Waals surface area (Å²) in [4.78, 5) is 0. The first kappa shape index (κ1) is 16.9. The van der Waals surface area contributed by atoms with Gasteiger partial charge in [-0.1, -0.05) is 13.8 Å².